The number of nitrogens with two attached hydrogens (primary N) is 1. The first kappa shape index (κ1) is 23.6. The van der Waals surface area contributed by atoms with Crippen LogP contribution in [0.2, 0.25) is 0 Å². The Labute approximate surface area is 180 Å². The van der Waals surface area contributed by atoms with Crippen LogP contribution in [0.25, 0.3) is 11.1 Å². The number of carboxylic acids is 1. The number of carbonyl (C=O) groups is 4. The largest absolute Gasteiger partial charge is 0.481 e. The SMILES string of the molecule is CC(NC(=O)C(CCC(=O)O)NC(=O)CCc1ccc(-c2ccccc2)cc1)C(N)=O. The van der Waals surface area contributed by atoms with E-state index in [1.165, 1.54) is 6.92 Å². The lowest BCUT2D eigenvalue weighted by atomic mass is 10.0. The second-order valence-electron chi connectivity index (χ2n) is 7.25. The smallest absolute Gasteiger partial charge is 0.303 e. The minimum atomic E-state index is -1.09. The Bertz CT molecular complexity index is 913. The predicted molar refractivity (Wildman–Crippen MR) is 116 cm³/mol. The van der Waals surface area contributed by atoms with E-state index < -0.39 is 29.9 Å². The third kappa shape index (κ3) is 7.93. The monoisotopic (exact) mass is 425 g/mol. The lowest BCUT2D eigenvalue weighted by Crippen LogP contribution is -2.52. The quantitative estimate of drug-likeness (QED) is 0.433. The number of amides is 3. The molecular formula is C23H27N3O5. The van der Waals surface area contributed by atoms with Gasteiger partial charge in [0.15, 0.2) is 0 Å². The van der Waals surface area contributed by atoms with Crippen molar-refractivity contribution in [2.45, 2.75) is 44.7 Å². The van der Waals surface area contributed by atoms with Crippen molar-refractivity contribution in [2.24, 2.45) is 5.73 Å². The Morgan fingerprint density at radius 1 is 0.903 bits per heavy atom. The van der Waals surface area contributed by atoms with E-state index in [0.29, 0.717) is 6.42 Å². The molecule has 5 N–H and O–H groups in total. The van der Waals surface area contributed by atoms with Gasteiger partial charge < -0.3 is 21.5 Å². The third-order valence-electron chi connectivity index (χ3n) is 4.79. The second-order valence-corrected chi connectivity index (χ2v) is 7.25. The minimum absolute atomic E-state index is 0.0931. The highest BCUT2D eigenvalue weighted by Gasteiger charge is 2.24. The summed E-state index contributed by atoms with van der Waals surface area (Å²) in [6.07, 6.45) is 0.202. The Morgan fingerprint density at radius 2 is 1.52 bits per heavy atom. The number of aliphatic carboxylic acids is 1. The molecule has 3 amide bonds. The molecule has 0 fully saturated rings. The molecule has 8 heteroatoms. The molecule has 0 saturated heterocycles. The van der Waals surface area contributed by atoms with Gasteiger partial charge in [-0.25, -0.2) is 0 Å². The lowest BCUT2D eigenvalue weighted by molar-refractivity contribution is -0.138. The van der Waals surface area contributed by atoms with E-state index in [0.717, 1.165) is 16.7 Å². The summed E-state index contributed by atoms with van der Waals surface area (Å²) < 4.78 is 0. The standard InChI is InChI=1S/C23H27N3O5/c1-15(22(24)30)25-23(31)19(12-14-21(28)29)26-20(27)13-9-16-7-10-18(11-8-16)17-5-3-2-4-6-17/h2-8,10-11,15,19H,9,12-14H2,1H3,(H2,24,30)(H,25,31)(H,26,27)(H,28,29). The molecule has 0 radical (unpaired) electrons. The number of carbonyl (C=O) groups excluding carboxylic acids is 3. The summed E-state index contributed by atoms with van der Waals surface area (Å²) in [7, 11) is 0. The maximum atomic E-state index is 12.4. The van der Waals surface area contributed by atoms with E-state index in [-0.39, 0.29) is 25.2 Å². The zero-order valence-corrected chi connectivity index (χ0v) is 17.3. The number of rotatable bonds is 11. The molecule has 164 valence electrons. The average molecular weight is 425 g/mol. The molecule has 0 bridgehead atoms. The van der Waals surface area contributed by atoms with Crippen molar-refractivity contribution in [3.8, 4) is 11.1 Å². The van der Waals surface area contributed by atoms with Gasteiger partial charge in [-0.2, -0.15) is 0 Å². The van der Waals surface area contributed by atoms with Gasteiger partial charge in [0.05, 0.1) is 0 Å². The molecule has 8 nitrogen and oxygen atoms in total. The van der Waals surface area contributed by atoms with Crippen molar-refractivity contribution >= 4 is 23.7 Å². The van der Waals surface area contributed by atoms with Gasteiger partial charge in [-0.1, -0.05) is 54.6 Å². The van der Waals surface area contributed by atoms with Crippen LogP contribution in [-0.4, -0.2) is 40.9 Å². The fourth-order valence-corrected chi connectivity index (χ4v) is 2.94. The zero-order chi connectivity index (χ0) is 22.8. The zero-order valence-electron chi connectivity index (χ0n) is 17.3. The first-order valence-electron chi connectivity index (χ1n) is 10.0. The van der Waals surface area contributed by atoms with Crippen molar-refractivity contribution in [2.75, 3.05) is 0 Å². The molecule has 2 unspecified atom stereocenters. The van der Waals surface area contributed by atoms with Crippen molar-refractivity contribution in [3.63, 3.8) is 0 Å². The fourth-order valence-electron chi connectivity index (χ4n) is 2.94. The minimum Gasteiger partial charge on any atom is -0.481 e. The van der Waals surface area contributed by atoms with Gasteiger partial charge >= 0.3 is 5.97 Å². The van der Waals surface area contributed by atoms with Crippen molar-refractivity contribution in [1.82, 2.24) is 10.6 Å². The maximum Gasteiger partial charge on any atom is 0.303 e. The second kappa shape index (κ2) is 11.5. The number of hydrogen-bond acceptors (Lipinski definition) is 4. The molecule has 2 atom stereocenters. The highest BCUT2D eigenvalue weighted by molar-refractivity contribution is 5.91. The Kier molecular flexibility index (Phi) is 8.75. The number of primary amides is 1. The molecule has 0 aromatic heterocycles. The summed E-state index contributed by atoms with van der Waals surface area (Å²) >= 11 is 0. The summed E-state index contributed by atoms with van der Waals surface area (Å²) in [4.78, 5) is 46.7. The van der Waals surface area contributed by atoms with Crippen LogP contribution in [0.5, 0.6) is 0 Å². The van der Waals surface area contributed by atoms with Gasteiger partial charge in [0, 0.05) is 12.8 Å². The van der Waals surface area contributed by atoms with E-state index in [2.05, 4.69) is 10.6 Å². The Morgan fingerprint density at radius 3 is 2.10 bits per heavy atom. The van der Waals surface area contributed by atoms with Crippen LogP contribution in [0, 0.1) is 0 Å². The van der Waals surface area contributed by atoms with Gasteiger partial charge in [0.2, 0.25) is 17.7 Å². The van der Waals surface area contributed by atoms with Crippen LogP contribution >= 0.6 is 0 Å². The highest BCUT2D eigenvalue weighted by atomic mass is 16.4. The maximum absolute atomic E-state index is 12.4. The number of benzene rings is 2. The summed E-state index contributed by atoms with van der Waals surface area (Å²) in [6, 6.07) is 15.8. The lowest BCUT2D eigenvalue weighted by Gasteiger charge is -2.19. The molecule has 0 heterocycles. The molecule has 2 rings (SSSR count). The van der Waals surface area contributed by atoms with Crippen LogP contribution < -0.4 is 16.4 Å². The van der Waals surface area contributed by atoms with E-state index in [1.807, 2.05) is 54.6 Å². The van der Waals surface area contributed by atoms with Gasteiger partial charge in [0.1, 0.15) is 12.1 Å². The summed E-state index contributed by atoms with van der Waals surface area (Å²) in [6.45, 7) is 1.41. The first-order chi connectivity index (χ1) is 14.8. The van der Waals surface area contributed by atoms with E-state index in [1.54, 1.807) is 0 Å². The molecule has 0 aliphatic carbocycles. The van der Waals surface area contributed by atoms with Crippen LogP contribution in [0.3, 0.4) is 0 Å². The topological polar surface area (TPSA) is 139 Å². The molecule has 2 aromatic rings. The third-order valence-corrected chi connectivity index (χ3v) is 4.79. The van der Waals surface area contributed by atoms with E-state index >= 15 is 0 Å². The highest BCUT2D eigenvalue weighted by Crippen LogP contribution is 2.19. The fraction of sp³-hybridized carbons (Fsp3) is 0.304. The summed E-state index contributed by atoms with van der Waals surface area (Å²) in [5.74, 6) is -2.85. The van der Waals surface area contributed by atoms with Gasteiger partial charge in [-0.3, -0.25) is 19.2 Å². The summed E-state index contributed by atoms with van der Waals surface area (Å²) in [5, 5.41) is 13.8. The van der Waals surface area contributed by atoms with E-state index in [9.17, 15) is 19.2 Å². The predicted octanol–water partition coefficient (Wildman–Crippen LogP) is 1.63. The molecule has 0 saturated carbocycles. The van der Waals surface area contributed by atoms with Crippen LogP contribution in [0.15, 0.2) is 54.6 Å². The number of nitrogens with one attached hydrogen (secondary N) is 2. The Balaban J connectivity index is 1.92. The summed E-state index contributed by atoms with van der Waals surface area (Å²) in [5.41, 5.74) is 8.27. The van der Waals surface area contributed by atoms with Crippen molar-refractivity contribution in [3.05, 3.63) is 60.2 Å². The van der Waals surface area contributed by atoms with Crippen molar-refractivity contribution < 1.29 is 24.3 Å². The van der Waals surface area contributed by atoms with Crippen LogP contribution in [-0.2, 0) is 25.6 Å². The molecule has 0 aliphatic rings. The normalized spacial score (nSPS) is 12.4. The molecule has 31 heavy (non-hydrogen) atoms. The molecular weight excluding hydrogens is 398 g/mol. The van der Waals surface area contributed by atoms with Crippen molar-refractivity contribution in [1.29, 1.82) is 0 Å². The molecule has 0 spiro atoms. The van der Waals surface area contributed by atoms with Gasteiger partial charge in [-0.15, -0.1) is 0 Å². The van der Waals surface area contributed by atoms with Crippen LogP contribution in [0.4, 0.5) is 0 Å². The number of aryl methyl sites for hydroxylation is 1. The van der Waals surface area contributed by atoms with Crippen LogP contribution in [0.1, 0.15) is 31.7 Å². The van der Waals surface area contributed by atoms with Gasteiger partial charge in [-0.05, 0) is 36.5 Å². The molecule has 0 aliphatic heterocycles. The number of carboxylic acid groups (broad SMARTS) is 1. The Hall–Kier alpha value is -3.68. The molecule has 2 aromatic carbocycles. The first-order valence-corrected chi connectivity index (χ1v) is 10.0. The van der Waals surface area contributed by atoms with Gasteiger partial charge in [0.25, 0.3) is 0 Å². The number of hydrogen-bond donors (Lipinski definition) is 4. The van der Waals surface area contributed by atoms with E-state index in [4.69, 9.17) is 10.8 Å². The average Bonchev–Trinajstić information content (AvgIpc) is 2.75.